The monoisotopic (exact) mass is 419 g/mol. The van der Waals surface area contributed by atoms with Gasteiger partial charge in [-0.1, -0.05) is 18.2 Å². The molecule has 31 heavy (non-hydrogen) atoms. The molecule has 0 bridgehead atoms. The Kier molecular flexibility index (Phi) is 5.75. The van der Waals surface area contributed by atoms with Crippen LogP contribution in [0.25, 0.3) is 22.2 Å². The first-order valence-electron chi connectivity index (χ1n) is 10.2. The average molecular weight is 419 g/mol. The molecule has 2 N–H and O–H groups in total. The molecule has 2 amide bonds. The summed E-state index contributed by atoms with van der Waals surface area (Å²) in [6.45, 7) is 1.02. The van der Waals surface area contributed by atoms with Crippen LogP contribution in [0.5, 0.6) is 11.5 Å². The number of rotatable bonds is 5. The number of primary amides is 1. The van der Waals surface area contributed by atoms with Gasteiger partial charge in [0.1, 0.15) is 0 Å². The number of likely N-dealkylation sites (tertiary alicyclic amines) is 1. The van der Waals surface area contributed by atoms with Gasteiger partial charge in [0.25, 0.3) is 5.91 Å². The number of pyridine rings is 1. The Bertz CT molecular complexity index is 1140. The number of hydrogen-bond acceptors (Lipinski definition) is 5. The number of benzene rings is 2. The third-order valence-electron chi connectivity index (χ3n) is 5.81. The lowest BCUT2D eigenvalue weighted by atomic mass is 9.95. The Labute approximate surface area is 180 Å². The Hall–Kier alpha value is -3.61. The molecule has 1 aliphatic rings. The van der Waals surface area contributed by atoms with Crippen molar-refractivity contribution in [1.82, 2.24) is 9.88 Å². The van der Waals surface area contributed by atoms with Crippen LogP contribution in [-0.4, -0.2) is 49.0 Å². The van der Waals surface area contributed by atoms with E-state index in [1.165, 1.54) is 0 Å². The summed E-state index contributed by atoms with van der Waals surface area (Å²) >= 11 is 0. The summed E-state index contributed by atoms with van der Waals surface area (Å²) in [6.07, 6.45) is 1.18. The molecule has 1 aromatic heterocycles. The highest BCUT2D eigenvalue weighted by atomic mass is 16.5. The molecule has 1 saturated heterocycles. The quantitative estimate of drug-likeness (QED) is 0.685. The molecule has 0 atom stereocenters. The molecular weight excluding hydrogens is 394 g/mol. The van der Waals surface area contributed by atoms with E-state index in [9.17, 15) is 9.59 Å². The summed E-state index contributed by atoms with van der Waals surface area (Å²) in [5.41, 5.74) is 8.26. The number of nitrogens with zero attached hydrogens (tertiary/aromatic N) is 2. The number of amides is 2. The third kappa shape index (κ3) is 4.03. The van der Waals surface area contributed by atoms with Crippen LogP contribution < -0.4 is 15.2 Å². The molecule has 160 valence electrons. The van der Waals surface area contributed by atoms with Crippen molar-refractivity contribution in [2.45, 2.75) is 12.8 Å². The normalized spacial score (nSPS) is 14.5. The molecule has 0 radical (unpaired) electrons. The second-order valence-electron chi connectivity index (χ2n) is 7.61. The van der Waals surface area contributed by atoms with E-state index in [2.05, 4.69) is 0 Å². The number of ether oxygens (including phenoxy) is 2. The molecule has 1 aliphatic heterocycles. The zero-order chi connectivity index (χ0) is 22.0. The number of nitrogens with two attached hydrogens (primary N) is 1. The van der Waals surface area contributed by atoms with Gasteiger partial charge in [-0.15, -0.1) is 0 Å². The van der Waals surface area contributed by atoms with Gasteiger partial charge < -0.3 is 20.1 Å². The molecule has 0 saturated carbocycles. The summed E-state index contributed by atoms with van der Waals surface area (Å²) in [7, 11) is 3.17. The zero-order valence-corrected chi connectivity index (χ0v) is 17.6. The van der Waals surface area contributed by atoms with Crippen molar-refractivity contribution in [3.8, 4) is 22.8 Å². The lowest BCUT2D eigenvalue weighted by Gasteiger charge is -2.31. The van der Waals surface area contributed by atoms with Crippen molar-refractivity contribution in [2.75, 3.05) is 27.3 Å². The fraction of sp³-hybridized carbons (Fsp3) is 0.292. The molecule has 7 heteroatoms. The minimum absolute atomic E-state index is 0.0664. The molecule has 7 nitrogen and oxygen atoms in total. The van der Waals surface area contributed by atoms with Crippen molar-refractivity contribution in [3.05, 3.63) is 54.1 Å². The second kappa shape index (κ2) is 8.63. The summed E-state index contributed by atoms with van der Waals surface area (Å²) in [5.74, 6) is 0.693. The van der Waals surface area contributed by atoms with Gasteiger partial charge >= 0.3 is 0 Å². The highest BCUT2D eigenvalue weighted by Crippen LogP contribution is 2.33. The van der Waals surface area contributed by atoms with E-state index in [1.54, 1.807) is 19.1 Å². The Morgan fingerprint density at radius 3 is 2.39 bits per heavy atom. The predicted octanol–water partition coefficient (Wildman–Crippen LogP) is 3.26. The van der Waals surface area contributed by atoms with Crippen LogP contribution in [0.2, 0.25) is 0 Å². The predicted molar refractivity (Wildman–Crippen MR) is 118 cm³/mol. The van der Waals surface area contributed by atoms with Crippen molar-refractivity contribution in [1.29, 1.82) is 0 Å². The van der Waals surface area contributed by atoms with Crippen LogP contribution in [0.15, 0.2) is 48.5 Å². The zero-order valence-electron chi connectivity index (χ0n) is 17.6. The lowest BCUT2D eigenvalue weighted by Crippen LogP contribution is -2.41. The van der Waals surface area contributed by atoms with E-state index in [0.29, 0.717) is 48.7 Å². The number of carbonyl (C=O) groups is 2. The molecule has 2 heterocycles. The van der Waals surface area contributed by atoms with E-state index in [-0.39, 0.29) is 17.7 Å². The Morgan fingerprint density at radius 1 is 1.00 bits per heavy atom. The summed E-state index contributed by atoms with van der Waals surface area (Å²) in [5, 5.41) is 0.800. The first-order valence-corrected chi connectivity index (χ1v) is 10.2. The van der Waals surface area contributed by atoms with E-state index >= 15 is 0 Å². The van der Waals surface area contributed by atoms with Crippen molar-refractivity contribution in [2.24, 2.45) is 11.7 Å². The van der Waals surface area contributed by atoms with Gasteiger partial charge in [-0.05, 0) is 43.2 Å². The first kappa shape index (κ1) is 20.7. The number of hydrogen-bond donors (Lipinski definition) is 1. The lowest BCUT2D eigenvalue weighted by molar-refractivity contribution is -0.123. The molecule has 2 aromatic carbocycles. The summed E-state index contributed by atoms with van der Waals surface area (Å²) in [4.78, 5) is 31.5. The van der Waals surface area contributed by atoms with Crippen LogP contribution in [0.4, 0.5) is 0 Å². The average Bonchev–Trinajstić information content (AvgIpc) is 2.82. The van der Waals surface area contributed by atoms with Crippen molar-refractivity contribution >= 4 is 22.7 Å². The summed E-state index contributed by atoms with van der Waals surface area (Å²) in [6, 6.07) is 15.0. The number of carbonyl (C=O) groups excluding carboxylic acids is 2. The molecule has 4 rings (SSSR count). The maximum absolute atomic E-state index is 13.4. The van der Waals surface area contributed by atoms with Crippen LogP contribution in [0.3, 0.4) is 0 Å². The molecule has 0 unspecified atom stereocenters. The fourth-order valence-corrected chi connectivity index (χ4v) is 4.03. The largest absolute Gasteiger partial charge is 0.493 e. The van der Waals surface area contributed by atoms with Crippen LogP contribution in [0.1, 0.15) is 23.2 Å². The number of methoxy groups -OCH3 is 2. The van der Waals surface area contributed by atoms with Crippen LogP contribution in [-0.2, 0) is 4.79 Å². The summed E-state index contributed by atoms with van der Waals surface area (Å²) < 4.78 is 10.7. The number of piperidine rings is 1. The Morgan fingerprint density at radius 2 is 1.71 bits per heavy atom. The number of fused-ring (bicyclic) bond motifs is 1. The van der Waals surface area contributed by atoms with Gasteiger partial charge in [-0.2, -0.15) is 0 Å². The van der Waals surface area contributed by atoms with E-state index in [0.717, 1.165) is 16.5 Å². The second-order valence-corrected chi connectivity index (χ2v) is 7.61. The van der Waals surface area contributed by atoms with Crippen LogP contribution in [0, 0.1) is 5.92 Å². The van der Waals surface area contributed by atoms with Gasteiger partial charge in [-0.25, -0.2) is 4.98 Å². The smallest absolute Gasteiger partial charge is 0.254 e. The molecule has 0 aliphatic carbocycles. The van der Waals surface area contributed by atoms with E-state index in [4.69, 9.17) is 20.2 Å². The molecular formula is C24H25N3O4. The molecule has 3 aromatic rings. The minimum atomic E-state index is -0.294. The topological polar surface area (TPSA) is 94.8 Å². The van der Waals surface area contributed by atoms with Crippen molar-refractivity contribution in [3.63, 3.8) is 0 Å². The highest BCUT2D eigenvalue weighted by molar-refractivity contribution is 6.07. The first-order chi connectivity index (χ1) is 15.0. The maximum Gasteiger partial charge on any atom is 0.254 e. The standard InChI is InChI=1S/C24H25N3O4/c1-30-21-8-7-16(13-22(21)31-2)20-14-18(17-5-3-4-6-19(17)26-20)24(29)27-11-9-15(10-12-27)23(25)28/h3-8,13-15H,9-12H2,1-2H3,(H2,25,28). The maximum atomic E-state index is 13.4. The van der Waals surface area contributed by atoms with Gasteiger partial charge in [0.2, 0.25) is 5.91 Å². The molecule has 1 fully saturated rings. The minimum Gasteiger partial charge on any atom is -0.493 e. The molecule has 0 spiro atoms. The van der Waals surface area contributed by atoms with Gasteiger partial charge in [0.15, 0.2) is 11.5 Å². The fourth-order valence-electron chi connectivity index (χ4n) is 4.03. The Balaban J connectivity index is 1.74. The highest BCUT2D eigenvalue weighted by Gasteiger charge is 2.27. The SMILES string of the molecule is COc1ccc(-c2cc(C(=O)N3CCC(C(N)=O)CC3)c3ccccc3n2)cc1OC. The third-order valence-corrected chi connectivity index (χ3v) is 5.81. The van der Waals surface area contributed by atoms with Crippen LogP contribution >= 0.6 is 0 Å². The number of para-hydroxylation sites is 1. The van der Waals surface area contributed by atoms with Gasteiger partial charge in [0.05, 0.1) is 31.0 Å². The van der Waals surface area contributed by atoms with Gasteiger partial charge in [-0.3, -0.25) is 9.59 Å². The van der Waals surface area contributed by atoms with Crippen molar-refractivity contribution < 1.29 is 19.1 Å². The number of aromatic nitrogens is 1. The van der Waals surface area contributed by atoms with Gasteiger partial charge in [0, 0.05) is 30.0 Å². The van der Waals surface area contributed by atoms with E-state index < -0.39 is 0 Å². The van der Waals surface area contributed by atoms with E-state index in [1.807, 2.05) is 48.5 Å².